The zero-order valence-corrected chi connectivity index (χ0v) is 23.7. The number of phenols is 1. The van der Waals surface area contributed by atoms with Crippen molar-refractivity contribution in [3.05, 3.63) is 52.6 Å². The van der Waals surface area contributed by atoms with Gasteiger partial charge in [-0.3, -0.25) is 4.79 Å². The number of piperidine rings is 1. The van der Waals surface area contributed by atoms with E-state index in [2.05, 4.69) is 23.8 Å². The Hall–Kier alpha value is -3.38. The number of phenolic OH excluding ortho intramolecular Hbond substituents is 1. The molecule has 0 radical (unpaired) electrons. The molecule has 1 N–H and O–H groups in total. The van der Waals surface area contributed by atoms with Crippen molar-refractivity contribution in [2.24, 2.45) is 11.8 Å². The van der Waals surface area contributed by atoms with Crippen molar-refractivity contribution < 1.29 is 32.5 Å². The van der Waals surface area contributed by atoms with Gasteiger partial charge in [-0.1, -0.05) is 19.8 Å². The van der Waals surface area contributed by atoms with Crippen LogP contribution in [0.15, 0.2) is 30.3 Å². The van der Waals surface area contributed by atoms with Crippen LogP contribution in [0.4, 0.5) is 13.2 Å². The van der Waals surface area contributed by atoms with Gasteiger partial charge in [0.25, 0.3) is 5.91 Å². The molecule has 1 amide bonds. The largest absolute Gasteiger partial charge is 0.508 e. The van der Waals surface area contributed by atoms with E-state index in [0.29, 0.717) is 29.5 Å². The molecule has 4 aliphatic rings. The summed E-state index contributed by atoms with van der Waals surface area (Å²) in [4.78, 5) is 18.0. The lowest BCUT2D eigenvalue weighted by atomic mass is 9.51. The van der Waals surface area contributed by atoms with Crippen LogP contribution >= 0.6 is 0 Å². The molecule has 2 aliphatic carbocycles. The molecule has 1 spiro atoms. The van der Waals surface area contributed by atoms with Crippen LogP contribution < -0.4 is 9.47 Å². The molecule has 2 aromatic carbocycles. The molecule has 0 unspecified atom stereocenters. The molecule has 9 heteroatoms. The fraction of sp³-hybridized carbons (Fsp3) is 0.531. The minimum absolute atomic E-state index is 0.163. The molecule has 5 atom stereocenters. The maximum absolute atomic E-state index is 13.7. The van der Waals surface area contributed by atoms with E-state index in [9.17, 15) is 23.1 Å². The summed E-state index contributed by atoms with van der Waals surface area (Å²) in [6.07, 6.45) is -1.51. The van der Waals surface area contributed by atoms with Crippen LogP contribution in [0, 0.1) is 23.7 Å². The number of benzene rings is 2. The maximum Gasteiger partial charge on any atom is 0.416 e. The van der Waals surface area contributed by atoms with E-state index >= 15 is 0 Å². The Labute approximate surface area is 238 Å². The highest BCUT2D eigenvalue weighted by Crippen LogP contribution is 2.65. The van der Waals surface area contributed by atoms with Crippen molar-refractivity contribution in [3.8, 4) is 29.1 Å². The summed E-state index contributed by atoms with van der Waals surface area (Å²) >= 11 is 0. The number of methoxy groups -OCH3 is 1. The average molecular weight is 569 g/mol. The zero-order valence-electron chi connectivity index (χ0n) is 23.7. The number of hydrogen-bond acceptors (Lipinski definition) is 5. The van der Waals surface area contributed by atoms with Crippen molar-refractivity contribution in [1.82, 2.24) is 9.80 Å². The van der Waals surface area contributed by atoms with E-state index in [0.717, 1.165) is 55.5 Å². The van der Waals surface area contributed by atoms with Gasteiger partial charge in [-0.2, -0.15) is 13.2 Å². The summed E-state index contributed by atoms with van der Waals surface area (Å²) in [6, 6.07) is 6.18. The van der Waals surface area contributed by atoms with Crippen molar-refractivity contribution >= 4 is 5.91 Å². The standard InChI is InChI=1S/C32H35F3N2O4/c1-18(2)17-37(27(39)12-7-19-5-8-20(9-6-19)32(33,34)35)23-11-10-22-24-15-21-25(38)16-26(40-4)29-28(21)31(22,30(23)41-29)13-14-36(24)3/h5-6,8-9,16,18,22-24,30,38H,10-11,13-15,17H2,1-4H3/t22-,23+,24+,30-,31-/m0/s1. The Morgan fingerprint density at radius 3 is 2.66 bits per heavy atom. The van der Waals surface area contributed by atoms with E-state index in [1.165, 1.54) is 12.1 Å². The molecule has 2 aliphatic heterocycles. The van der Waals surface area contributed by atoms with Gasteiger partial charge in [0, 0.05) is 46.7 Å². The molecule has 2 aromatic rings. The number of nitrogens with zero attached hydrogens (tertiary/aromatic N) is 2. The molecule has 6 nitrogen and oxygen atoms in total. The molecule has 2 bridgehead atoms. The van der Waals surface area contributed by atoms with Crippen LogP contribution in [0.5, 0.6) is 17.2 Å². The summed E-state index contributed by atoms with van der Waals surface area (Å²) in [5.41, 5.74) is 1.20. The number of hydrogen-bond donors (Lipinski definition) is 1. The molecule has 0 aromatic heterocycles. The highest BCUT2D eigenvalue weighted by Gasteiger charge is 2.66. The quantitative estimate of drug-likeness (QED) is 0.527. The van der Waals surface area contributed by atoms with Gasteiger partial charge in [-0.15, -0.1) is 0 Å². The number of carbonyl (C=O) groups is 1. The molecular weight excluding hydrogens is 533 g/mol. The molecule has 2 fully saturated rings. The smallest absolute Gasteiger partial charge is 0.416 e. The third kappa shape index (κ3) is 4.34. The summed E-state index contributed by atoms with van der Waals surface area (Å²) in [5.74, 6) is 7.02. The summed E-state index contributed by atoms with van der Waals surface area (Å²) in [5, 5.41) is 11.1. The second kappa shape index (κ2) is 9.87. The van der Waals surface area contributed by atoms with Gasteiger partial charge in [0.15, 0.2) is 11.5 Å². The Morgan fingerprint density at radius 2 is 2.00 bits per heavy atom. The number of likely N-dealkylation sites (N-methyl/N-ethyl adjacent to an activating group) is 1. The van der Waals surface area contributed by atoms with Crippen LogP contribution in [0.1, 0.15) is 55.4 Å². The fourth-order valence-corrected chi connectivity index (χ4v) is 7.94. The molecule has 1 saturated heterocycles. The SMILES string of the molecule is COc1cc(O)c2c3c1O[C@H]1[C@H](N(CC(C)C)C(=O)C#Cc4ccc(C(F)(F)F)cc4)CC[C@H]4[C@@H](C2)N(C)CC[C@@]341. The summed E-state index contributed by atoms with van der Waals surface area (Å²) in [7, 11) is 3.72. The van der Waals surface area contributed by atoms with E-state index in [1.54, 1.807) is 13.2 Å². The number of ether oxygens (including phenoxy) is 2. The lowest BCUT2D eigenvalue weighted by Gasteiger charge is -2.60. The summed E-state index contributed by atoms with van der Waals surface area (Å²) in [6.45, 7) is 5.45. The van der Waals surface area contributed by atoms with Crippen LogP contribution in [-0.2, 0) is 22.8 Å². The van der Waals surface area contributed by atoms with Gasteiger partial charge in [-0.25, -0.2) is 0 Å². The fourth-order valence-electron chi connectivity index (χ4n) is 7.94. The van der Waals surface area contributed by atoms with Gasteiger partial charge >= 0.3 is 6.18 Å². The molecule has 2 heterocycles. The molecule has 41 heavy (non-hydrogen) atoms. The molecule has 6 rings (SSSR count). The predicted molar refractivity (Wildman–Crippen MR) is 147 cm³/mol. The third-order valence-electron chi connectivity index (χ3n) is 9.62. The first kappa shape index (κ1) is 27.8. The van der Waals surface area contributed by atoms with Crippen molar-refractivity contribution in [3.63, 3.8) is 0 Å². The number of aromatic hydroxyl groups is 1. The Morgan fingerprint density at radius 1 is 1.27 bits per heavy atom. The number of likely N-dealkylation sites (tertiary alicyclic amines) is 1. The van der Waals surface area contributed by atoms with Crippen LogP contribution in [0.2, 0.25) is 0 Å². The highest BCUT2D eigenvalue weighted by atomic mass is 19.4. The topological polar surface area (TPSA) is 62.2 Å². The normalized spacial score (nSPS) is 27.9. The van der Waals surface area contributed by atoms with E-state index in [4.69, 9.17) is 9.47 Å². The van der Waals surface area contributed by atoms with Crippen LogP contribution in [0.3, 0.4) is 0 Å². The minimum atomic E-state index is -4.43. The lowest BCUT2D eigenvalue weighted by molar-refractivity contribution is -0.138. The van der Waals surface area contributed by atoms with E-state index in [1.807, 2.05) is 18.7 Å². The summed E-state index contributed by atoms with van der Waals surface area (Å²) < 4.78 is 51.4. The molecule has 218 valence electrons. The van der Waals surface area contributed by atoms with Gasteiger partial charge in [0.1, 0.15) is 11.9 Å². The Bertz CT molecular complexity index is 1430. The van der Waals surface area contributed by atoms with E-state index in [-0.39, 0.29) is 41.2 Å². The molecule has 1 saturated carbocycles. The number of carbonyl (C=O) groups excluding carboxylic acids is 1. The van der Waals surface area contributed by atoms with Gasteiger partial charge in [0.2, 0.25) is 0 Å². The Kier molecular flexibility index (Phi) is 6.68. The van der Waals surface area contributed by atoms with E-state index < -0.39 is 11.7 Å². The van der Waals surface area contributed by atoms with Gasteiger partial charge < -0.3 is 24.4 Å². The lowest BCUT2D eigenvalue weighted by Crippen LogP contribution is -2.68. The number of rotatable bonds is 4. The Balaban J connectivity index is 1.38. The second-order valence-corrected chi connectivity index (χ2v) is 12.3. The van der Waals surface area contributed by atoms with Crippen LogP contribution in [-0.4, -0.2) is 66.2 Å². The number of alkyl halides is 3. The van der Waals surface area contributed by atoms with Gasteiger partial charge in [0.05, 0.1) is 18.7 Å². The minimum Gasteiger partial charge on any atom is -0.508 e. The first-order valence-corrected chi connectivity index (χ1v) is 14.3. The van der Waals surface area contributed by atoms with Crippen molar-refractivity contribution in [2.45, 2.75) is 69.3 Å². The first-order chi connectivity index (χ1) is 19.5. The number of amides is 1. The van der Waals surface area contributed by atoms with Crippen molar-refractivity contribution in [1.29, 1.82) is 0 Å². The predicted octanol–water partition coefficient (Wildman–Crippen LogP) is 4.99. The van der Waals surface area contributed by atoms with Gasteiger partial charge in [-0.05, 0) is 75.4 Å². The molecular formula is C32H35F3N2O4. The second-order valence-electron chi connectivity index (χ2n) is 12.3. The van der Waals surface area contributed by atoms with Crippen LogP contribution in [0.25, 0.3) is 0 Å². The number of halogens is 3. The zero-order chi connectivity index (χ0) is 29.3. The third-order valence-corrected chi connectivity index (χ3v) is 9.62. The monoisotopic (exact) mass is 568 g/mol. The maximum atomic E-state index is 13.7. The van der Waals surface area contributed by atoms with Crippen molar-refractivity contribution in [2.75, 3.05) is 27.2 Å². The first-order valence-electron chi connectivity index (χ1n) is 14.3. The highest BCUT2D eigenvalue weighted by molar-refractivity contribution is 5.94. The average Bonchev–Trinajstić information content (AvgIpc) is 3.27.